The summed E-state index contributed by atoms with van der Waals surface area (Å²) in [6.07, 6.45) is 8.68. The zero-order chi connectivity index (χ0) is 24.3. The van der Waals surface area contributed by atoms with Crippen LogP contribution in [-0.2, 0) is 4.79 Å². The average Bonchev–Trinajstić information content (AvgIpc) is 3.12. The molecule has 4 nitrogen and oxygen atoms in total. The minimum absolute atomic E-state index is 0.0389. The van der Waals surface area contributed by atoms with Crippen molar-refractivity contribution in [3.63, 3.8) is 0 Å². The molecule has 0 saturated heterocycles. The maximum atomic E-state index is 12.7. The highest BCUT2D eigenvalue weighted by Crippen LogP contribution is 2.65. The number of anilines is 1. The second-order valence-electron chi connectivity index (χ2n) is 11.3. The topological polar surface area (TPSA) is 43.8 Å². The van der Waals surface area contributed by atoms with E-state index in [4.69, 9.17) is 0 Å². The predicted octanol–water partition coefficient (Wildman–Crippen LogP) is 5.74. The number of carbonyl (C=O) groups excluding carboxylic acids is 1. The molecule has 0 aromatic heterocycles. The number of carbonyl (C=O) groups is 1. The smallest absolute Gasteiger partial charge is 0.156 e. The Kier molecular flexibility index (Phi) is 5.78. The number of allylic oxidation sites excluding steroid dienone is 4. The van der Waals surface area contributed by atoms with Crippen molar-refractivity contribution in [2.75, 3.05) is 26.0 Å². The standard InChI is InChI=1S/C30H38N2O2/c1-6-15-30(32(5)34)17-14-27-24-12-9-21-18-23(33)19-26(20-7-10-22(11-8-20)31(3)4)28(21)25(24)13-16-29(27,30)2/h7-8,10-11,18,24,26-27,34H,9,12-14,16-17,19H2,1-5H3/t24-,26+,27+,29+,30+/m1/s1. The summed E-state index contributed by atoms with van der Waals surface area (Å²) in [6, 6.07) is 8.79. The van der Waals surface area contributed by atoms with E-state index in [-0.39, 0.29) is 17.1 Å². The molecule has 2 fully saturated rings. The maximum absolute atomic E-state index is 12.7. The van der Waals surface area contributed by atoms with Gasteiger partial charge in [0, 0.05) is 44.6 Å². The zero-order valence-corrected chi connectivity index (χ0v) is 21.3. The summed E-state index contributed by atoms with van der Waals surface area (Å²) >= 11 is 0. The van der Waals surface area contributed by atoms with Crippen molar-refractivity contribution in [2.24, 2.45) is 17.3 Å². The zero-order valence-electron chi connectivity index (χ0n) is 21.3. The van der Waals surface area contributed by atoms with Crippen molar-refractivity contribution >= 4 is 11.5 Å². The van der Waals surface area contributed by atoms with Crippen LogP contribution in [0.25, 0.3) is 0 Å². The van der Waals surface area contributed by atoms with Crippen LogP contribution in [0, 0.1) is 29.1 Å². The summed E-state index contributed by atoms with van der Waals surface area (Å²) in [5, 5.41) is 12.2. The summed E-state index contributed by atoms with van der Waals surface area (Å²) in [5.74, 6) is 8.04. The molecule has 1 N–H and O–H groups in total. The lowest BCUT2D eigenvalue weighted by Gasteiger charge is -2.53. The first kappa shape index (κ1) is 23.4. The highest BCUT2D eigenvalue weighted by atomic mass is 16.5. The molecule has 5 atom stereocenters. The number of hydrogen-bond acceptors (Lipinski definition) is 4. The molecule has 0 spiro atoms. The van der Waals surface area contributed by atoms with Crippen LogP contribution >= 0.6 is 0 Å². The van der Waals surface area contributed by atoms with Gasteiger partial charge in [-0.05, 0) is 92.2 Å². The van der Waals surface area contributed by atoms with Gasteiger partial charge in [0.15, 0.2) is 5.78 Å². The van der Waals surface area contributed by atoms with E-state index in [0.29, 0.717) is 18.3 Å². The maximum Gasteiger partial charge on any atom is 0.156 e. The number of ketones is 1. The van der Waals surface area contributed by atoms with Crippen LogP contribution in [-0.4, -0.2) is 42.7 Å². The lowest BCUT2D eigenvalue weighted by atomic mass is 9.53. The van der Waals surface area contributed by atoms with Gasteiger partial charge < -0.3 is 10.1 Å². The Bertz CT molecular complexity index is 1120. The molecular weight excluding hydrogens is 420 g/mol. The molecule has 0 amide bonds. The highest BCUT2D eigenvalue weighted by Gasteiger charge is 2.62. The average molecular weight is 459 g/mol. The fourth-order valence-electron chi connectivity index (χ4n) is 7.96. The van der Waals surface area contributed by atoms with Gasteiger partial charge in [-0.25, -0.2) is 0 Å². The summed E-state index contributed by atoms with van der Waals surface area (Å²) in [7, 11) is 5.90. The van der Waals surface area contributed by atoms with E-state index in [2.05, 4.69) is 62.0 Å². The second kappa shape index (κ2) is 8.40. The molecule has 4 aliphatic rings. The van der Waals surface area contributed by atoms with Gasteiger partial charge in [0.1, 0.15) is 5.54 Å². The molecule has 0 aliphatic heterocycles. The molecule has 0 bridgehead atoms. The first-order valence-corrected chi connectivity index (χ1v) is 12.8. The molecule has 4 heteroatoms. The molecule has 4 aliphatic carbocycles. The van der Waals surface area contributed by atoms with Crippen molar-refractivity contribution in [1.82, 2.24) is 5.06 Å². The molecule has 0 radical (unpaired) electrons. The Hall–Kier alpha value is -2.35. The molecule has 1 aromatic rings. The Morgan fingerprint density at radius 2 is 1.79 bits per heavy atom. The molecule has 34 heavy (non-hydrogen) atoms. The van der Waals surface area contributed by atoms with Crippen LogP contribution in [0.5, 0.6) is 0 Å². The van der Waals surface area contributed by atoms with Gasteiger partial charge >= 0.3 is 0 Å². The Balaban J connectivity index is 1.58. The van der Waals surface area contributed by atoms with E-state index < -0.39 is 5.54 Å². The van der Waals surface area contributed by atoms with E-state index >= 15 is 0 Å². The summed E-state index contributed by atoms with van der Waals surface area (Å²) in [5.41, 5.74) is 6.27. The summed E-state index contributed by atoms with van der Waals surface area (Å²) < 4.78 is 0. The molecule has 1 aromatic carbocycles. The van der Waals surface area contributed by atoms with E-state index in [1.165, 1.54) is 27.5 Å². The van der Waals surface area contributed by atoms with Crippen molar-refractivity contribution in [1.29, 1.82) is 0 Å². The lowest BCUT2D eigenvalue weighted by molar-refractivity contribution is -0.173. The fourth-order valence-corrected chi connectivity index (χ4v) is 7.96. The normalized spacial score (nSPS) is 34.6. The van der Waals surface area contributed by atoms with Crippen LogP contribution in [0.15, 0.2) is 47.1 Å². The van der Waals surface area contributed by atoms with Gasteiger partial charge in [0.05, 0.1) is 0 Å². The Morgan fingerprint density at radius 3 is 2.44 bits per heavy atom. The Labute approximate surface area is 204 Å². The van der Waals surface area contributed by atoms with Crippen LogP contribution in [0.2, 0.25) is 0 Å². The predicted molar refractivity (Wildman–Crippen MR) is 137 cm³/mol. The quantitative estimate of drug-likeness (QED) is 0.464. The van der Waals surface area contributed by atoms with Gasteiger partial charge in [-0.3, -0.25) is 4.79 Å². The van der Waals surface area contributed by atoms with Crippen LogP contribution < -0.4 is 4.90 Å². The molecule has 180 valence electrons. The number of nitrogens with zero attached hydrogens (tertiary/aromatic N) is 2. The van der Waals surface area contributed by atoms with Crippen LogP contribution in [0.3, 0.4) is 0 Å². The lowest BCUT2D eigenvalue weighted by Crippen LogP contribution is -2.56. The molecule has 0 unspecified atom stereocenters. The molecular formula is C30H38N2O2. The minimum Gasteiger partial charge on any atom is -0.378 e. The second-order valence-corrected chi connectivity index (χ2v) is 11.3. The van der Waals surface area contributed by atoms with Crippen LogP contribution in [0.4, 0.5) is 5.69 Å². The van der Waals surface area contributed by atoms with E-state index in [0.717, 1.165) is 38.5 Å². The molecule has 2 saturated carbocycles. The first-order valence-electron chi connectivity index (χ1n) is 12.8. The largest absolute Gasteiger partial charge is 0.378 e. The monoisotopic (exact) mass is 458 g/mol. The highest BCUT2D eigenvalue weighted by molar-refractivity contribution is 5.94. The van der Waals surface area contributed by atoms with Crippen molar-refractivity contribution in [2.45, 2.75) is 70.3 Å². The first-order chi connectivity index (χ1) is 16.2. The van der Waals surface area contributed by atoms with Crippen LogP contribution in [0.1, 0.15) is 70.3 Å². The van der Waals surface area contributed by atoms with Gasteiger partial charge in [-0.15, -0.1) is 5.92 Å². The number of hydroxylamine groups is 2. The third kappa shape index (κ3) is 3.32. The third-order valence-electron chi connectivity index (χ3n) is 9.63. The SMILES string of the molecule is CC#C[C@]1(N(C)O)CC[C@H]2[C@@H]3CCC4=CC(=O)C[C@@H](c5ccc(N(C)C)cc5)C4=C3CC[C@@]21C. The van der Waals surface area contributed by atoms with Gasteiger partial charge in [0.25, 0.3) is 0 Å². The van der Waals surface area contributed by atoms with Crippen molar-refractivity contribution in [3.05, 3.63) is 52.6 Å². The third-order valence-corrected chi connectivity index (χ3v) is 9.63. The van der Waals surface area contributed by atoms with Gasteiger partial charge in [-0.1, -0.05) is 30.6 Å². The van der Waals surface area contributed by atoms with E-state index in [1.807, 2.05) is 13.0 Å². The number of rotatable bonds is 3. The fraction of sp³-hybridized carbons (Fsp3) is 0.567. The number of fused-ring (bicyclic) bond motifs is 4. The van der Waals surface area contributed by atoms with E-state index in [1.54, 1.807) is 12.6 Å². The van der Waals surface area contributed by atoms with Crippen molar-refractivity contribution < 1.29 is 10.0 Å². The Morgan fingerprint density at radius 1 is 1.06 bits per heavy atom. The number of benzene rings is 1. The molecule has 5 rings (SSSR count). The summed E-state index contributed by atoms with van der Waals surface area (Å²) in [6.45, 7) is 4.26. The van der Waals surface area contributed by atoms with Crippen molar-refractivity contribution in [3.8, 4) is 11.8 Å². The summed E-state index contributed by atoms with van der Waals surface area (Å²) in [4.78, 5) is 14.9. The van der Waals surface area contributed by atoms with Gasteiger partial charge in [-0.2, -0.15) is 5.06 Å². The minimum atomic E-state index is -0.470. The van der Waals surface area contributed by atoms with E-state index in [9.17, 15) is 10.0 Å². The number of hydrogen-bond donors (Lipinski definition) is 1. The molecule has 0 heterocycles. The van der Waals surface area contributed by atoms with Gasteiger partial charge in [0.2, 0.25) is 0 Å².